The Morgan fingerprint density at radius 2 is 2.50 bits per heavy atom. The zero-order valence-electron chi connectivity index (χ0n) is 7.49. The first kappa shape index (κ1) is 9.48. The topological polar surface area (TPSA) is 49.8 Å². The fourth-order valence-electron chi connectivity index (χ4n) is 1.27. The van der Waals surface area contributed by atoms with E-state index in [9.17, 15) is 9.90 Å². The number of hydrogen-bond donors (Lipinski definition) is 1. The van der Waals surface area contributed by atoms with E-state index in [-0.39, 0.29) is 0 Å². The molecule has 70 valence electrons. The van der Waals surface area contributed by atoms with Crippen LogP contribution in [0.1, 0.15) is 13.3 Å². The number of hydrogen-bond acceptors (Lipinski definition) is 4. The molecule has 2 atom stereocenters. The van der Waals surface area contributed by atoms with Crippen molar-refractivity contribution in [2.75, 3.05) is 20.2 Å². The zero-order valence-corrected chi connectivity index (χ0v) is 7.49. The SMILES string of the molecule is COC(=O)C(O)CN1CCC1C. The standard InChI is InChI=1S/C8H15NO3/c1-6-3-4-9(6)5-7(10)8(11)12-2/h6-7,10H,3-5H2,1-2H3. The number of carbonyl (C=O) groups is 1. The quantitative estimate of drug-likeness (QED) is 0.591. The number of β-amino-alcohol motifs (C(OH)–C–C–N with tert-alkyl or cyclic N) is 1. The lowest BCUT2D eigenvalue weighted by Gasteiger charge is -2.39. The van der Waals surface area contributed by atoms with Crippen LogP contribution in [-0.2, 0) is 9.53 Å². The molecule has 0 aromatic rings. The molecular weight excluding hydrogens is 158 g/mol. The molecule has 4 heteroatoms. The van der Waals surface area contributed by atoms with E-state index in [0.717, 1.165) is 13.0 Å². The molecule has 1 fully saturated rings. The molecule has 0 aromatic carbocycles. The van der Waals surface area contributed by atoms with E-state index in [1.54, 1.807) is 0 Å². The predicted molar refractivity (Wildman–Crippen MR) is 43.7 cm³/mol. The van der Waals surface area contributed by atoms with Crippen molar-refractivity contribution in [3.05, 3.63) is 0 Å². The lowest BCUT2D eigenvalue weighted by molar-refractivity contribution is -0.152. The summed E-state index contributed by atoms with van der Waals surface area (Å²) in [7, 11) is 1.28. The van der Waals surface area contributed by atoms with Gasteiger partial charge in [0.05, 0.1) is 7.11 Å². The monoisotopic (exact) mass is 173 g/mol. The molecule has 0 spiro atoms. The van der Waals surface area contributed by atoms with Crippen molar-refractivity contribution in [1.29, 1.82) is 0 Å². The van der Waals surface area contributed by atoms with Crippen LogP contribution in [0.15, 0.2) is 0 Å². The van der Waals surface area contributed by atoms with E-state index in [4.69, 9.17) is 0 Å². The Hall–Kier alpha value is -0.610. The zero-order chi connectivity index (χ0) is 9.14. The van der Waals surface area contributed by atoms with E-state index in [2.05, 4.69) is 16.6 Å². The van der Waals surface area contributed by atoms with Gasteiger partial charge in [0.2, 0.25) is 0 Å². The first-order valence-corrected chi connectivity index (χ1v) is 4.15. The lowest BCUT2D eigenvalue weighted by atomic mass is 10.0. The number of methoxy groups -OCH3 is 1. The van der Waals surface area contributed by atoms with E-state index in [1.165, 1.54) is 7.11 Å². The van der Waals surface area contributed by atoms with Gasteiger partial charge in [-0.25, -0.2) is 4.79 Å². The van der Waals surface area contributed by atoms with Crippen molar-refractivity contribution >= 4 is 5.97 Å². The average molecular weight is 173 g/mol. The molecule has 2 unspecified atom stereocenters. The van der Waals surface area contributed by atoms with Gasteiger partial charge in [0, 0.05) is 19.1 Å². The molecule has 1 rings (SSSR count). The maximum Gasteiger partial charge on any atom is 0.336 e. The van der Waals surface area contributed by atoms with Gasteiger partial charge in [-0.15, -0.1) is 0 Å². The number of nitrogens with zero attached hydrogens (tertiary/aromatic N) is 1. The molecule has 1 N–H and O–H groups in total. The molecule has 0 amide bonds. The second kappa shape index (κ2) is 3.87. The number of rotatable bonds is 3. The molecule has 0 radical (unpaired) electrons. The molecule has 1 aliphatic rings. The van der Waals surface area contributed by atoms with Crippen molar-refractivity contribution in [3.63, 3.8) is 0 Å². The highest BCUT2D eigenvalue weighted by Gasteiger charge is 2.28. The number of ether oxygens (including phenoxy) is 1. The van der Waals surface area contributed by atoms with E-state index in [1.807, 2.05) is 0 Å². The van der Waals surface area contributed by atoms with Crippen molar-refractivity contribution in [2.45, 2.75) is 25.5 Å². The highest BCUT2D eigenvalue weighted by atomic mass is 16.5. The van der Waals surface area contributed by atoms with Gasteiger partial charge in [-0.3, -0.25) is 4.90 Å². The minimum Gasteiger partial charge on any atom is -0.467 e. The first-order chi connectivity index (χ1) is 5.65. The largest absolute Gasteiger partial charge is 0.467 e. The van der Waals surface area contributed by atoms with Crippen molar-refractivity contribution < 1.29 is 14.6 Å². The van der Waals surface area contributed by atoms with Crippen LogP contribution in [0.4, 0.5) is 0 Å². The third-order valence-electron chi connectivity index (χ3n) is 2.34. The molecule has 1 saturated heterocycles. The van der Waals surface area contributed by atoms with E-state index >= 15 is 0 Å². The Bertz CT molecular complexity index is 172. The van der Waals surface area contributed by atoms with Gasteiger partial charge in [-0.2, -0.15) is 0 Å². The smallest absolute Gasteiger partial charge is 0.336 e. The van der Waals surface area contributed by atoms with Crippen molar-refractivity contribution in [2.24, 2.45) is 0 Å². The summed E-state index contributed by atoms with van der Waals surface area (Å²) >= 11 is 0. The Labute approximate surface area is 72.1 Å². The third-order valence-corrected chi connectivity index (χ3v) is 2.34. The van der Waals surface area contributed by atoms with Crippen LogP contribution in [0.2, 0.25) is 0 Å². The van der Waals surface area contributed by atoms with Gasteiger partial charge in [0.1, 0.15) is 0 Å². The predicted octanol–water partition coefficient (Wildman–Crippen LogP) is -0.385. The van der Waals surface area contributed by atoms with Crippen LogP contribution in [0.5, 0.6) is 0 Å². The number of likely N-dealkylation sites (tertiary alicyclic amines) is 1. The third kappa shape index (κ3) is 1.95. The summed E-state index contributed by atoms with van der Waals surface area (Å²) in [6.07, 6.45) is 0.159. The van der Waals surface area contributed by atoms with Gasteiger partial charge in [-0.1, -0.05) is 0 Å². The summed E-state index contributed by atoms with van der Waals surface area (Å²) in [5.41, 5.74) is 0. The minimum absolute atomic E-state index is 0.397. The number of carbonyl (C=O) groups excluding carboxylic acids is 1. The van der Waals surface area contributed by atoms with E-state index in [0.29, 0.717) is 12.6 Å². The van der Waals surface area contributed by atoms with Crippen LogP contribution in [0.3, 0.4) is 0 Å². The van der Waals surface area contributed by atoms with Crippen LogP contribution < -0.4 is 0 Å². The van der Waals surface area contributed by atoms with Gasteiger partial charge < -0.3 is 9.84 Å². The Morgan fingerprint density at radius 1 is 1.83 bits per heavy atom. The van der Waals surface area contributed by atoms with Crippen molar-refractivity contribution in [3.8, 4) is 0 Å². The molecule has 0 saturated carbocycles. The second-order valence-corrected chi connectivity index (χ2v) is 3.17. The van der Waals surface area contributed by atoms with Crippen LogP contribution in [0.25, 0.3) is 0 Å². The summed E-state index contributed by atoms with van der Waals surface area (Å²) in [6.45, 7) is 3.44. The van der Waals surface area contributed by atoms with Gasteiger partial charge in [0.25, 0.3) is 0 Å². The fourth-order valence-corrected chi connectivity index (χ4v) is 1.27. The molecular formula is C8H15NO3. The molecule has 0 aliphatic carbocycles. The Balaban J connectivity index is 2.25. The molecule has 12 heavy (non-hydrogen) atoms. The van der Waals surface area contributed by atoms with Crippen LogP contribution in [0, 0.1) is 0 Å². The van der Waals surface area contributed by atoms with Gasteiger partial charge in [0.15, 0.2) is 6.10 Å². The highest BCUT2D eigenvalue weighted by Crippen LogP contribution is 2.16. The Morgan fingerprint density at radius 3 is 2.83 bits per heavy atom. The summed E-state index contributed by atoms with van der Waals surface area (Å²) in [6, 6.07) is 0.490. The fraction of sp³-hybridized carbons (Fsp3) is 0.875. The number of aliphatic hydroxyl groups is 1. The number of aliphatic hydroxyl groups excluding tert-OH is 1. The summed E-state index contributed by atoms with van der Waals surface area (Å²) < 4.78 is 4.40. The van der Waals surface area contributed by atoms with Crippen LogP contribution in [-0.4, -0.2) is 48.3 Å². The maximum atomic E-state index is 10.8. The molecule has 0 aromatic heterocycles. The van der Waals surface area contributed by atoms with E-state index < -0.39 is 12.1 Å². The van der Waals surface area contributed by atoms with Crippen LogP contribution >= 0.6 is 0 Å². The molecule has 1 heterocycles. The first-order valence-electron chi connectivity index (χ1n) is 4.15. The number of esters is 1. The normalized spacial score (nSPS) is 26.1. The lowest BCUT2D eigenvalue weighted by Crippen LogP contribution is -2.50. The highest BCUT2D eigenvalue weighted by molar-refractivity contribution is 5.74. The second-order valence-electron chi connectivity index (χ2n) is 3.17. The maximum absolute atomic E-state index is 10.8. The molecule has 1 aliphatic heterocycles. The molecule has 4 nitrogen and oxygen atoms in total. The molecule has 0 bridgehead atoms. The average Bonchev–Trinajstić information content (AvgIpc) is 2.09. The summed E-state index contributed by atoms with van der Waals surface area (Å²) in [4.78, 5) is 12.9. The minimum atomic E-state index is -0.988. The van der Waals surface area contributed by atoms with Gasteiger partial charge in [-0.05, 0) is 13.3 Å². The van der Waals surface area contributed by atoms with Gasteiger partial charge >= 0.3 is 5.97 Å². The Kier molecular flexibility index (Phi) is 3.05. The van der Waals surface area contributed by atoms with Crippen molar-refractivity contribution in [1.82, 2.24) is 4.90 Å². The summed E-state index contributed by atoms with van der Waals surface area (Å²) in [5, 5.41) is 9.25. The summed E-state index contributed by atoms with van der Waals surface area (Å²) in [5.74, 6) is -0.547.